The molecule has 120 valence electrons. The molecule has 0 aromatic carbocycles. The molecule has 2 aliphatic rings. The van der Waals surface area contributed by atoms with E-state index in [1.807, 2.05) is 0 Å². The van der Waals surface area contributed by atoms with E-state index in [-0.39, 0.29) is 12.3 Å². The second-order valence-electron chi connectivity index (χ2n) is 6.64. The van der Waals surface area contributed by atoms with Gasteiger partial charge in [-0.3, -0.25) is 9.59 Å². The van der Waals surface area contributed by atoms with Crippen molar-refractivity contribution in [3.63, 3.8) is 0 Å². The number of ether oxygens (including phenoxy) is 1. The molecule has 0 saturated heterocycles. The summed E-state index contributed by atoms with van der Waals surface area (Å²) in [6, 6.07) is 0. The molecule has 5 nitrogen and oxygen atoms in total. The lowest BCUT2D eigenvalue weighted by atomic mass is 9.66. The number of hydrogen-bond donors (Lipinski definition) is 2. The molecule has 21 heavy (non-hydrogen) atoms. The Kier molecular flexibility index (Phi) is 5.62. The van der Waals surface area contributed by atoms with Crippen LogP contribution in [0.4, 0.5) is 0 Å². The molecule has 5 heteroatoms. The zero-order valence-electron chi connectivity index (χ0n) is 12.9. The molecule has 1 amide bonds. The zero-order valence-corrected chi connectivity index (χ0v) is 12.9. The van der Waals surface area contributed by atoms with Gasteiger partial charge in [0.05, 0.1) is 18.1 Å². The number of carboxylic acids is 1. The molecule has 2 N–H and O–H groups in total. The van der Waals surface area contributed by atoms with Gasteiger partial charge in [0.1, 0.15) is 0 Å². The van der Waals surface area contributed by atoms with Crippen LogP contribution in [0.15, 0.2) is 0 Å². The smallest absolute Gasteiger partial charge is 0.310 e. The summed E-state index contributed by atoms with van der Waals surface area (Å²) in [7, 11) is 0. The zero-order chi connectivity index (χ0) is 15.3. The second kappa shape index (κ2) is 7.25. The van der Waals surface area contributed by atoms with Crippen LogP contribution in [0.1, 0.15) is 58.3 Å². The van der Waals surface area contributed by atoms with E-state index in [0.717, 1.165) is 12.8 Å². The highest BCUT2D eigenvalue weighted by molar-refractivity contribution is 5.85. The Bertz CT molecular complexity index is 378. The predicted octanol–water partition coefficient (Wildman–Crippen LogP) is 2.34. The van der Waals surface area contributed by atoms with E-state index in [2.05, 4.69) is 12.2 Å². The van der Waals surface area contributed by atoms with E-state index < -0.39 is 11.4 Å². The monoisotopic (exact) mass is 297 g/mol. The molecule has 0 heterocycles. The molecular formula is C16H27NO4. The minimum absolute atomic E-state index is 0.0994. The third-order valence-corrected chi connectivity index (χ3v) is 5.05. The molecular weight excluding hydrogens is 270 g/mol. The highest BCUT2D eigenvalue weighted by Crippen LogP contribution is 2.44. The van der Waals surface area contributed by atoms with Gasteiger partial charge in [-0.2, -0.15) is 0 Å². The summed E-state index contributed by atoms with van der Waals surface area (Å²) in [6.07, 6.45) is 7.39. The molecule has 2 atom stereocenters. The maximum Gasteiger partial charge on any atom is 0.310 e. The van der Waals surface area contributed by atoms with Crippen LogP contribution in [0.25, 0.3) is 0 Å². The number of carbonyl (C=O) groups excluding carboxylic acids is 1. The summed E-state index contributed by atoms with van der Waals surface area (Å²) < 4.78 is 5.83. The number of rotatable bonds is 7. The highest BCUT2D eigenvalue weighted by atomic mass is 16.5. The average molecular weight is 297 g/mol. The molecule has 0 bridgehead atoms. The Hall–Kier alpha value is -1.10. The van der Waals surface area contributed by atoms with Gasteiger partial charge in [0, 0.05) is 13.0 Å². The topological polar surface area (TPSA) is 75.6 Å². The normalized spacial score (nSPS) is 27.7. The van der Waals surface area contributed by atoms with E-state index in [1.165, 1.54) is 19.3 Å². The summed E-state index contributed by atoms with van der Waals surface area (Å²) in [5.41, 5.74) is -0.803. The standard InChI is InChI=1S/C16H27NO4/c1-12-5-2-3-6-13(12)21-10-9-17-14(18)11-16(15(19)20)7-4-8-16/h12-13H,2-11H2,1H3,(H,17,18)(H,19,20). The summed E-state index contributed by atoms with van der Waals surface area (Å²) in [6.45, 7) is 3.20. The fourth-order valence-corrected chi connectivity index (χ4v) is 3.37. The molecule has 2 rings (SSSR count). The van der Waals surface area contributed by atoms with Gasteiger partial charge >= 0.3 is 5.97 Å². The van der Waals surface area contributed by atoms with Crippen LogP contribution in [-0.4, -0.2) is 36.2 Å². The molecule has 2 fully saturated rings. The maximum atomic E-state index is 11.8. The molecule has 2 unspecified atom stereocenters. The van der Waals surface area contributed by atoms with E-state index in [1.54, 1.807) is 0 Å². The maximum absolute atomic E-state index is 11.8. The predicted molar refractivity (Wildman–Crippen MR) is 78.9 cm³/mol. The summed E-state index contributed by atoms with van der Waals surface area (Å²) in [5, 5.41) is 12.0. The second-order valence-corrected chi connectivity index (χ2v) is 6.64. The number of nitrogens with one attached hydrogen (secondary N) is 1. The Morgan fingerprint density at radius 2 is 1.95 bits per heavy atom. The van der Waals surface area contributed by atoms with E-state index in [4.69, 9.17) is 4.74 Å². The van der Waals surface area contributed by atoms with Crippen LogP contribution < -0.4 is 5.32 Å². The summed E-state index contributed by atoms with van der Waals surface area (Å²) >= 11 is 0. The first kappa shape index (κ1) is 16.3. The quantitative estimate of drug-likeness (QED) is 0.707. The molecule has 0 radical (unpaired) electrons. The van der Waals surface area contributed by atoms with Crippen LogP contribution in [0.2, 0.25) is 0 Å². The van der Waals surface area contributed by atoms with Crippen molar-refractivity contribution < 1.29 is 19.4 Å². The fraction of sp³-hybridized carbons (Fsp3) is 0.875. The summed E-state index contributed by atoms with van der Waals surface area (Å²) in [4.78, 5) is 23.0. The first-order valence-electron chi connectivity index (χ1n) is 8.15. The third-order valence-electron chi connectivity index (χ3n) is 5.05. The van der Waals surface area contributed by atoms with Crippen molar-refractivity contribution in [2.45, 2.75) is 64.4 Å². The van der Waals surface area contributed by atoms with Gasteiger partial charge < -0.3 is 15.2 Å². The Morgan fingerprint density at radius 3 is 2.52 bits per heavy atom. The molecule has 0 spiro atoms. The van der Waals surface area contributed by atoms with Crippen molar-refractivity contribution in [3.8, 4) is 0 Å². The lowest BCUT2D eigenvalue weighted by Crippen LogP contribution is -2.43. The summed E-state index contributed by atoms with van der Waals surface area (Å²) in [5.74, 6) is -0.409. The van der Waals surface area contributed by atoms with Crippen LogP contribution in [-0.2, 0) is 14.3 Å². The average Bonchev–Trinajstić information content (AvgIpc) is 2.40. The molecule has 2 saturated carbocycles. The van der Waals surface area contributed by atoms with Gasteiger partial charge in [0.15, 0.2) is 0 Å². The first-order valence-corrected chi connectivity index (χ1v) is 8.15. The van der Waals surface area contributed by atoms with Crippen LogP contribution in [0.3, 0.4) is 0 Å². The van der Waals surface area contributed by atoms with Crippen molar-refractivity contribution in [1.29, 1.82) is 0 Å². The highest BCUT2D eigenvalue weighted by Gasteiger charge is 2.45. The van der Waals surface area contributed by atoms with E-state index in [9.17, 15) is 14.7 Å². The molecule has 0 aromatic heterocycles. The Labute approximate surface area is 126 Å². The number of amides is 1. The molecule has 0 aliphatic heterocycles. The van der Waals surface area contributed by atoms with Crippen molar-refractivity contribution in [2.24, 2.45) is 11.3 Å². The van der Waals surface area contributed by atoms with Crippen molar-refractivity contribution in [2.75, 3.05) is 13.2 Å². The first-order chi connectivity index (χ1) is 10.0. The van der Waals surface area contributed by atoms with Gasteiger partial charge in [-0.1, -0.05) is 26.2 Å². The molecule has 0 aromatic rings. The van der Waals surface area contributed by atoms with Gasteiger partial charge in [-0.05, 0) is 31.6 Å². The van der Waals surface area contributed by atoms with E-state index in [0.29, 0.717) is 38.0 Å². The van der Waals surface area contributed by atoms with Gasteiger partial charge in [-0.25, -0.2) is 0 Å². The third kappa shape index (κ3) is 4.19. The Morgan fingerprint density at radius 1 is 1.24 bits per heavy atom. The number of aliphatic carboxylic acids is 1. The van der Waals surface area contributed by atoms with Gasteiger partial charge in [0.25, 0.3) is 0 Å². The number of hydrogen-bond acceptors (Lipinski definition) is 3. The SMILES string of the molecule is CC1CCCCC1OCCNC(=O)CC1(C(=O)O)CCC1. The van der Waals surface area contributed by atoms with Crippen LogP contribution in [0, 0.1) is 11.3 Å². The lowest BCUT2D eigenvalue weighted by molar-refractivity contribution is -0.157. The minimum atomic E-state index is -0.837. The largest absolute Gasteiger partial charge is 0.481 e. The lowest BCUT2D eigenvalue weighted by Gasteiger charge is -2.36. The number of carboxylic acid groups (broad SMARTS) is 1. The van der Waals surface area contributed by atoms with Crippen LogP contribution >= 0.6 is 0 Å². The minimum Gasteiger partial charge on any atom is -0.481 e. The van der Waals surface area contributed by atoms with E-state index >= 15 is 0 Å². The fourth-order valence-electron chi connectivity index (χ4n) is 3.37. The number of carbonyl (C=O) groups is 2. The van der Waals surface area contributed by atoms with Crippen molar-refractivity contribution >= 4 is 11.9 Å². The van der Waals surface area contributed by atoms with Gasteiger partial charge in [-0.15, -0.1) is 0 Å². The molecule has 2 aliphatic carbocycles. The Balaban J connectivity index is 1.62. The van der Waals surface area contributed by atoms with Crippen LogP contribution in [0.5, 0.6) is 0 Å². The van der Waals surface area contributed by atoms with Crippen molar-refractivity contribution in [1.82, 2.24) is 5.32 Å². The van der Waals surface area contributed by atoms with Gasteiger partial charge in [0.2, 0.25) is 5.91 Å². The van der Waals surface area contributed by atoms with Crippen molar-refractivity contribution in [3.05, 3.63) is 0 Å².